The van der Waals surface area contributed by atoms with Crippen molar-refractivity contribution in [1.82, 2.24) is 0 Å². The van der Waals surface area contributed by atoms with Crippen molar-refractivity contribution in [2.45, 2.75) is 213 Å². The SMILES string of the molecule is CC1(C)CCC(C)(C)c2cc3c(cc21)B1c2cc4c(cc2N(c2cccc5oc6ccccc6c25)c2cc(N5c6ccc([Si](C)(C)C)cc6C6(C)CCCCC56C)cc(c21)N3C1=CC2C(C=C1)C(C)(C)CCC2(C)C)C(C)(C)CCC4(C)C. The summed E-state index contributed by atoms with van der Waals surface area (Å²) < 4.78 is 6.90. The minimum atomic E-state index is -1.65. The van der Waals surface area contributed by atoms with E-state index in [0.29, 0.717) is 11.8 Å². The number of furan rings is 1. The summed E-state index contributed by atoms with van der Waals surface area (Å²) in [7, 11) is -1.65. The van der Waals surface area contributed by atoms with Gasteiger partial charge in [0.15, 0.2) is 0 Å². The van der Waals surface area contributed by atoms with Crippen LogP contribution in [0.5, 0.6) is 0 Å². The lowest BCUT2D eigenvalue weighted by atomic mass is 9.32. The first-order valence-electron chi connectivity index (χ1n) is 32.4. The average Bonchev–Trinajstić information content (AvgIpc) is 1.76. The van der Waals surface area contributed by atoms with Crippen LogP contribution >= 0.6 is 0 Å². The van der Waals surface area contributed by atoms with Crippen LogP contribution in [0.2, 0.25) is 19.6 Å². The number of rotatable bonds is 4. The zero-order valence-corrected chi connectivity index (χ0v) is 54.5. The van der Waals surface area contributed by atoms with Crippen molar-refractivity contribution in [3.05, 3.63) is 149 Å². The van der Waals surface area contributed by atoms with E-state index in [4.69, 9.17) is 4.42 Å². The van der Waals surface area contributed by atoms with Gasteiger partial charge in [0.1, 0.15) is 11.2 Å². The van der Waals surface area contributed by atoms with E-state index in [0.717, 1.165) is 35.8 Å². The van der Waals surface area contributed by atoms with Crippen molar-refractivity contribution in [2.75, 3.05) is 14.7 Å². The van der Waals surface area contributed by atoms with Crippen molar-refractivity contribution < 1.29 is 4.42 Å². The number of para-hydroxylation sites is 1. The second-order valence-electron chi connectivity index (χ2n) is 33.3. The van der Waals surface area contributed by atoms with Crippen molar-refractivity contribution in [3.8, 4) is 0 Å². The van der Waals surface area contributed by atoms with Gasteiger partial charge in [-0.15, -0.1) is 0 Å². The third-order valence-corrected chi connectivity index (χ3v) is 26.6. The van der Waals surface area contributed by atoms with Crippen LogP contribution in [-0.2, 0) is 27.1 Å². The Morgan fingerprint density at radius 2 is 1.04 bits per heavy atom. The van der Waals surface area contributed by atoms with Crippen LogP contribution in [0, 0.1) is 22.7 Å². The average molecular weight is 1110 g/mol. The Morgan fingerprint density at radius 1 is 0.482 bits per heavy atom. The van der Waals surface area contributed by atoms with Gasteiger partial charge in [0.2, 0.25) is 0 Å². The minimum absolute atomic E-state index is 0.00366. The van der Waals surface area contributed by atoms with Crippen molar-refractivity contribution in [1.29, 1.82) is 0 Å². The van der Waals surface area contributed by atoms with Crippen LogP contribution in [0.3, 0.4) is 0 Å². The van der Waals surface area contributed by atoms with Gasteiger partial charge in [0, 0.05) is 50.6 Å². The summed E-state index contributed by atoms with van der Waals surface area (Å²) in [6.07, 6.45) is 20.0. The molecule has 428 valence electrons. The molecule has 3 aliphatic heterocycles. The summed E-state index contributed by atoms with van der Waals surface area (Å²) in [5.41, 5.74) is 24.5. The summed E-state index contributed by atoms with van der Waals surface area (Å²) in [5, 5.41) is 3.91. The predicted molar refractivity (Wildman–Crippen MR) is 359 cm³/mol. The molecule has 0 saturated heterocycles. The highest BCUT2D eigenvalue weighted by atomic mass is 28.3. The van der Waals surface area contributed by atoms with Crippen molar-refractivity contribution in [3.63, 3.8) is 0 Å². The molecule has 6 heteroatoms. The van der Waals surface area contributed by atoms with Crippen LogP contribution in [0.1, 0.15) is 189 Å². The van der Waals surface area contributed by atoms with Crippen LogP contribution in [-0.4, -0.2) is 20.3 Å². The van der Waals surface area contributed by atoms with Gasteiger partial charge >= 0.3 is 0 Å². The fraction of sp³-hybridized carbons (Fsp3) is 0.481. The lowest BCUT2D eigenvalue weighted by Crippen LogP contribution is -2.63. The van der Waals surface area contributed by atoms with Gasteiger partial charge in [0.05, 0.1) is 24.7 Å². The van der Waals surface area contributed by atoms with E-state index in [2.05, 4.69) is 247 Å². The molecule has 0 bridgehead atoms. The molecule has 4 heterocycles. The summed E-state index contributed by atoms with van der Waals surface area (Å²) in [6.45, 7) is 43.3. The number of anilines is 7. The highest BCUT2D eigenvalue weighted by Crippen LogP contribution is 2.63. The monoisotopic (exact) mass is 1110 g/mol. The third kappa shape index (κ3) is 7.41. The molecule has 0 amide bonds. The molecule has 0 spiro atoms. The molecule has 1 aromatic heterocycles. The van der Waals surface area contributed by atoms with E-state index >= 15 is 0 Å². The molecule has 4 nitrogen and oxygen atoms in total. The Labute approximate surface area is 499 Å². The third-order valence-electron chi connectivity index (χ3n) is 24.5. The van der Waals surface area contributed by atoms with Crippen molar-refractivity contribution >= 4 is 98.1 Å². The van der Waals surface area contributed by atoms with E-state index in [-0.39, 0.29) is 50.2 Å². The van der Waals surface area contributed by atoms with Gasteiger partial charge in [-0.25, -0.2) is 0 Å². The first-order chi connectivity index (χ1) is 39.0. The molecule has 2 saturated carbocycles. The molecule has 15 rings (SSSR count). The van der Waals surface area contributed by atoms with E-state index in [1.165, 1.54) is 134 Å². The second kappa shape index (κ2) is 17.0. The molecule has 6 aromatic carbocycles. The molecule has 4 unspecified atom stereocenters. The quantitative estimate of drug-likeness (QED) is 0.164. The smallest absolute Gasteiger partial charge is 0.252 e. The predicted octanol–water partition coefficient (Wildman–Crippen LogP) is 18.9. The van der Waals surface area contributed by atoms with Gasteiger partial charge in [-0.1, -0.05) is 188 Å². The second-order valence-corrected chi connectivity index (χ2v) is 38.4. The summed E-state index contributed by atoms with van der Waals surface area (Å²) >= 11 is 0. The summed E-state index contributed by atoms with van der Waals surface area (Å²) in [5.74, 6) is 0.863. The number of hydrogen-bond acceptors (Lipinski definition) is 4. The number of benzene rings is 6. The van der Waals surface area contributed by atoms with Crippen LogP contribution < -0.4 is 36.3 Å². The topological polar surface area (TPSA) is 22.9 Å². The van der Waals surface area contributed by atoms with Gasteiger partial charge in [-0.2, -0.15) is 0 Å². The van der Waals surface area contributed by atoms with Crippen molar-refractivity contribution in [2.24, 2.45) is 22.7 Å². The largest absolute Gasteiger partial charge is 0.456 e. The van der Waals surface area contributed by atoms with Crippen LogP contribution in [0.15, 0.2) is 125 Å². The fourth-order valence-corrected chi connectivity index (χ4v) is 19.7. The first kappa shape index (κ1) is 54.0. The molecule has 83 heavy (non-hydrogen) atoms. The molecular weight excluding hydrogens is 1020 g/mol. The van der Waals surface area contributed by atoms with Gasteiger partial charge in [0.25, 0.3) is 6.71 Å². The number of nitrogens with zero attached hydrogens (tertiary/aromatic N) is 3. The lowest BCUT2D eigenvalue weighted by Gasteiger charge is -2.53. The highest BCUT2D eigenvalue weighted by Gasteiger charge is 2.59. The fourth-order valence-electron chi connectivity index (χ4n) is 18.6. The normalized spacial score (nSPS) is 27.0. The van der Waals surface area contributed by atoms with Gasteiger partial charge in [-0.3, -0.25) is 0 Å². The molecule has 0 N–H and O–H groups in total. The molecule has 0 radical (unpaired) electrons. The highest BCUT2D eigenvalue weighted by molar-refractivity contribution is 7.00. The number of allylic oxidation sites excluding steroid dienone is 3. The van der Waals surface area contributed by atoms with E-state index < -0.39 is 8.07 Å². The molecular formula is C77H92BN3OSi. The molecule has 4 atom stereocenters. The molecule has 5 aliphatic carbocycles. The maximum absolute atomic E-state index is 6.90. The zero-order valence-electron chi connectivity index (χ0n) is 53.5. The van der Waals surface area contributed by atoms with Gasteiger partial charge < -0.3 is 19.1 Å². The Kier molecular flexibility index (Phi) is 11.1. The maximum atomic E-state index is 6.90. The first-order valence-corrected chi connectivity index (χ1v) is 35.9. The Morgan fingerprint density at radius 3 is 1.66 bits per heavy atom. The van der Waals surface area contributed by atoms with Gasteiger partial charge in [-0.05, 0) is 201 Å². The number of fused-ring (bicyclic) bond motifs is 13. The van der Waals surface area contributed by atoms with Crippen LogP contribution in [0.25, 0.3) is 21.9 Å². The standard InChI is InChI=1S/C77H92BN3OSi/c1-70(2)33-34-71(3,4)52-39-47(27-29-51(52)70)79-62-45-55-53(72(5,6)35-37-74(55,9)10)43-58(62)78-59-44-54-56(75(11,12)38-36-73(54,7)8)46-63(59)80(61-24-22-26-67-68(61)50-23-18-19-25-66(50)82-67)65-41-48(40-64(79)69(65)78)81-60-30-28-49(83(15,16)17)42-57(60)76(13)31-20-21-32-77(76,81)14/h18-19,22-30,39-46,51-52H,20-21,31-38H2,1-17H3. The van der Waals surface area contributed by atoms with Crippen LogP contribution in [0.4, 0.5) is 39.8 Å². The lowest BCUT2D eigenvalue weighted by molar-refractivity contribution is 0.0327. The van der Waals surface area contributed by atoms with E-state index in [9.17, 15) is 0 Å². The summed E-state index contributed by atoms with van der Waals surface area (Å²) in [4.78, 5) is 8.51. The molecule has 2 fully saturated rings. The zero-order chi connectivity index (χ0) is 58.3. The Balaban J connectivity index is 1.12. The summed E-state index contributed by atoms with van der Waals surface area (Å²) in [6, 6.07) is 39.8. The van der Waals surface area contributed by atoms with E-state index in [1.807, 2.05) is 0 Å². The van der Waals surface area contributed by atoms with E-state index in [1.54, 1.807) is 10.8 Å². The Bertz CT molecular complexity index is 4020. The maximum Gasteiger partial charge on any atom is 0.252 e. The molecule has 8 aliphatic rings. The minimum Gasteiger partial charge on any atom is -0.456 e. The number of hydrogen-bond donors (Lipinski definition) is 0. The Hall–Kier alpha value is -5.72. The molecule has 7 aromatic rings.